The summed E-state index contributed by atoms with van der Waals surface area (Å²) in [5.74, 6) is 0.401. The van der Waals surface area contributed by atoms with Crippen LogP contribution >= 0.6 is 0 Å². The fraction of sp³-hybridized carbons (Fsp3) is 0.154. The van der Waals surface area contributed by atoms with Crippen molar-refractivity contribution >= 4 is 17.0 Å². The number of imidazole rings is 1. The van der Waals surface area contributed by atoms with Gasteiger partial charge in [-0.25, -0.2) is 9.78 Å². The molecule has 6 heteroatoms. The van der Waals surface area contributed by atoms with Gasteiger partial charge in [-0.2, -0.15) is 5.10 Å². The van der Waals surface area contributed by atoms with Crippen LogP contribution in [0.25, 0.3) is 16.9 Å². The Morgan fingerprint density at radius 3 is 2.89 bits per heavy atom. The van der Waals surface area contributed by atoms with E-state index in [-0.39, 0.29) is 5.97 Å². The molecule has 0 radical (unpaired) electrons. The molecule has 1 N–H and O–H groups in total. The minimum absolute atomic E-state index is 0.368. The third-order valence-electron chi connectivity index (χ3n) is 2.91. The number of aromatic amines is 1. The molecule has 0 bridgehead atoms. The zero-order valence-electron chi connectivity index (χ0n) is 10.5. The van der Waals surface area contributed by atoms with Crippen molar-refractivity contribution in [1.29, 1.82) is 0 Å². The fourth-order valence-corrected chi connectivity index (χ4v) is 1.97. The molecule has 0 atom stereocenters. The quantitative estimate of drug-likeness (QED) is 0.710. The van der Waals surface area contributed by atoms with Crippen LogP contribution in [0.1, 0.15) is 16.1 Å². The van der Waals surface area contributed by atoms with Gasteiger partial charge in [0.25, 0.3) is 0 Å². The summed E-state index contributed by atoms with van der Waals surface area (Å²) >= 11 is 0. The van der Waals surface area contributed by atoms with E-state index < -0.39 is 0 Å². The molecule has 0 aliphatic rings. The number of nitrogens with one attached hydrogen (secondary N) is 1. The lowest BCUT2D eigenvalue weighted by molar-refractivity contribution is 0.0601. The second kappa shape index (κ2) is 4.24. The van der Waals surface area contributed by atoms with Crippen molar-refractivity contribution in [1.82, 2.24) is 19.7 Å². The Morgan fingerprint density at radius 1 is 1.37 bits per heavy atom. The number of esters is 1. The van der Waals surface area contributed by atoms with Crippen LogP contribution in [-0.2, 0) is 4.74 Å². The summed E-state index contributed by atoms with van der Waals surface area (Å²) in [6.07, 6.45) is 1.68. The van der Waals surface area contributed by atoms with E-state index in [9.17, 15) is 4.79 Å². The summed E-state index contributed by atoms with van der Waals surface area (Å²) in [5, 5.41) is 7.08. The maximum Gasteiger partial charge on any atom is 0.337 e. The molecule has 0 saturated carbocycles. The number of carbonyl (C=O) groups excluding carboxylic acids is 1. The van der Waals surface area contributed by atoms with Crippen molar-refractivity contribution in [2.24, 2.45) is 0 Å². The highest BCUT2D eigenvalue weighted by atomic mass is 16.5. The van der Waals surface area contributed by atoms with Gasteiger partial charge in [0.1, 0.15) is 6.33 Å². The molecule has 96 valence electrons. The normalized spacial score (nSPS) is 10.8. The molecule has 1 aromatic carbocycles. The first-order valence-electron chi connectivity index (χ1n) is 5.77. The van der Waals surface area contributed by atoms with Crippen LogP contribution in [0.15, 0.2) is 30.6 Å². The first kappa shape index (κ1) is 11.5. The van der Waals surface area contributed by atoms with Crippen molar-refractivity contribution in [3.8, 4) is 5.82 Å². The highest BCUT2D eigenvalue weighted by molar-refractivity contribution is 5.93. The minimum Gasteiger partial charge on any atom is -0.465 e. The molecule has 3 aromatic rings. The molecule has 0 aliphatic heterocycles. The highest BCUT2D eigenvalue weighted by Gasteiger charge is 2.11. The van der Waals surface area contributed by atoms with Gasteiger partial charge in [0, 0.05) is 11.8 Å². The number of benzene rings is 1. The average molecular weight is 256 g/mol. The molecular weight excluding hydrogens is 244 g/mol. The molecule has 0 spiro atoms. The van der Waals surface area contributed by atoms with Crippen LogP contribution in [0.4, 0.5) is 0 Å². The van der Waals surface area contributed by atoms with Gasteiger partial charge in [0.15, 0.2) is 5.82 Å². The Balaban J connectivity index is 2.12. The summed E-state index contributed by atoms with van der Waals surface area (Å²) < 4.78 is 6.55. The van der Waals surface area contributed by atoms with Crippen molar-refractivity contribution in [2.75, 3.05) is 7.11 Å². The standard InChI is InChI=1S/C13H12N4O2/c1-8-5-12(16-15-8)17-7-14-10-6-9(13(18)19-2)3-4-11(10)17/h3-7H,1-2H3,(H,15,16). The van der Waals surface area contributed by atoms with Crippen molar-refractivity contribution < 1.29 is 9.53 Å². The number of ether oxygens (including phenoxy) is 1. The zero-order chi connectivity index (χ0) is 13.4. The van der Waals surface area contributed by atoms with E-state index in [1.54, 1.807) is 18.5 Å². The Bertz CT molecular complexity index is 757. The Hall–Kier alpha value is -2.63. The summed E-state index contributed by atoms with van der Waals surface area (Å²) in [4.78, 5) is 15.7. The maximum absolute atomic E-state index is 11.5. The van der Waals surface area contributed by atoms with E-state index in [0.29, 0.717) is 5.56 Å². The second-order valence-corrected chi connectivity index (χ2v) is 4.22. The molecule has 2 heterocycles. The molecule has 6 nitrogen and oxygen atoms in total. The van der Waals surface area contributed by atoms with Crippen molar-refractivity contribution in [3.05, 3.63) is 41.9 Å². The number of methoxy groups -OCH3 is 1. The Morgan fingerprint density at radius 2 is 2.21 bits per heavy atom. The van der Waals surface area contributed by atoms with E-state index in [0.717, 1.165) is 22.5 Å². The van der Waals surface area contributed by atoms with Gasteiger partial charge in [0.05, 0.1) is 23.7 Å². The number of carbonyl (C=O) groups is 1. The lowest BCUT2D eigenvalue weighted by Crippen LogP contribution is -2.00. The first-order chi connectivity index (χ1) is 9.19. The van der Waals surface area contributed by atoms with Crippen LogP contribution in [0.3, 0.4) is 0 Å². The van der Waals surface area contributed by atoms with E-state index in [4.69, 9.17) is 0 Å². The Labute approximate surface area is 109 Å². The van der Waals surface area contributed by atoms with Crippen molar-refractivity contribution in [3.63, 3.8) is 0 Å². The van der Waals surface area contributed by atoms with Crippen LogP contribution in [0.5, 0.6) is 0 Å². The number of aryl methyl sites for hydroxylation is 1. The van der Waals surface area contributed by atoms with Gasteiger partial charge in [-0.15, -0.1) is 0 Å². The summed E-state index contributed by atoms with van der Waals surface area (Å²) in [6.45, 7) is 1.94. The van der Waals surface area contributed by atoms with Gasteiger partial charge in [0.2, 0.25) is 0 Å². The third-order valence-corrected chi connectivity index (χ3v) is 2.91. The number of H-pyrrole nitrogens is 1. The smallest absolute Gasteiger partial charge is 0.337 e. The van der Waals surface area contributed by atoms with E-state index in [1.165, 1.54) is 7.11 Å². The van der Waals surface area contributed by atoms with Gasteiger partial charge in [-0.05, 0) is 25.1 Å². The maximum atomic E-state index is 11.5. The number of hydrogen-bond donors (Lipinski definition) is 1. The SMILES string of the molecule is COC(=O)c1ccc2c(c1)ncn2-c1cc(C)[nH]n1. The topological polar surface area (TPSA) is 72.8 Å². The molecule has 0 saturated heterocycles. The summed E-state index contributed by atoms with van der Waals surface area (Å²) in [7, 11) is 1.36. The summed E-state index contributed by atoms with van der Waals surface area (Å²) in [6, 6.07) is 7.18. The minimum atomic E-state index is -0.368. The zero-order valence-corrected chi connectivity index (χ0v) is 10.5. The molecule has 3 rings (SSSR count). The van der Waals surface area contributed by atoms with Gasteiger partial charge in [-0.1, -0.05) is 0 Å². The molecule has 0 unspecified atom stereocenters. The predicted molar refractivity (Wildman–Crippen MR) is 69.3 cm³/mol. The Kier molecular flexibility index (Phi) is 2.56. The van der Waals surface area contributed by atoms with Gasteiger partial charge in [-0.3, -0.25) is 9.67 Å². The number of aromatic nitrogens is 4. The monoisotopic (exact) mass is 256 g/mol. The van der Waals surface area contributed by atoms with Crippen LogP contribution in [0, 0.1) is 6.92 Å². The molecule has 19 heavy (non-hydrogen) atoms. The molecule has 0 aliphatic carbocycles. The number of nitrogens with zero attached hydrogens (tertiary/aromatic N) is 3. The molecule has 2 aromatic heterocycles. The number of fused-ring (bicyclic) bond motifs is 1. The number of rotatable bonds is 2. The summed E-state index contributed by atoms with van der Waals surface area (Å²) in [5.41, 5.74) is 3.07. The second-order valence-electron chi connectivity index (χ2n) is 4.22. The third kappa shape index (κ3) is 1.87. The molecule has 0 amide bonds. The van der Waals surface area contributed by atoms with Gasteiger partial charge >= 0.3 is 5.97 Å². The van der Waals surface area contributed by atoms with E-state index >= 15 is 0 Å². The van der Waals surface area contributed by atoms with Gasteiger partial charge < -0.3 is 4.74 Å². The molecule has 0 fully saturated rings. The lowest BCUT2D eigenvalue weighted by atomic mass is 10.2. The van der Waals surface area contributed by atoms with Crippen LogP contribution in [0.2, 0.25) is 0 Å². The van der Waals surface area contributed by atoms with Crippen LogP contribution in [-0.4, -0.2) is 32.8 Å². The lowest BCUT2D eigenvalue weighted by Gasteiger charge is -2.01. The number of hydrogen-bond acceptors (Lipinski definition) is 4. The first-order valence-corrected chi connectivity index (χ1v) is 5.77. The average Bonchev–Trinajstić information content (AvgIpc) is 3.02. The van der Waals surface area contributed by atoms with E-state index in [2.05, 4.69) is 19.9 Å². The predicted octanol–water partition coefficient (Wildman–Crippen LogP) is 1.84. The van der Waals surface area contributed by atoms with Crippen molar-refractivity contribution in [2.45, 2.75) is 6.92 Å². The fourth-order valence-electron chi connectivity index (χ4n) is 1.97. The largest absolute Gasteiger partial charge is 0.465 e. The van der Waals surface area contributed by atoms with E-state index in [1.807, 2.05) is 23.6 Å². The van der Waals surface area contributed by atoms with Crippen LogP contribution < -0.4 is 0 Å². The molecular formula is C13H12N4O2. The highest BCUT2D eigenvalue weighted by Crippen LogP contribution is 2.19.